The number of rotatable bonds is 0. The minimum absolute atomic E-state index is 0.107. The molecule has 0 saturated heterocycles. The van der Waals surface area contributed by atoms with Crippen molar-refractivity contribution in [1.82, 2.24) is 0 Å². The summed E-state index contributed by atoms with van der Waals surface area (Å²) < 4.78 is 0. The molecule has 0 spiro atoms. The summed E-state index contributed by atoms with van der Waals surface area (Å²) in [7, 11) is 0. The van der Waals surface area contributed by atoms with Crippen LogP contribution in [0, 0.1) is 28.6 Å². The van der Waals surface area contributed by atoms with Gasteiger partial charge in [-0.2, -0.15) is 0 Å². The van der Waals surface area contributed by atoms with Gasteiger partial charge in [-0.25, -0.2) is 0 Å². The standard InChI is InChI=1S/C20H30O2/c1-18-9-6-14(21)12-13(18)4-5-15-16(18)7-10-19(2)17(15)8-11-20(19,3)22/h12,15-17,22H,4-11H2,1-3H3/t15?,16?,17?,18?,19?,20-/m0/s1. The first-order valence-electron chi connectivity index (χ1n) is 9.24. The van der Waals surface area contributed by atoms with Gasteiger partial charge in [-0.05, 0) is 86.5 Å². The molecule has 122 valence electrons. The monoisotopic (exact) mass is 302 g/mol. The molecule has 0 bridgehead atoms. The number of fused-ring (bicyclic) bond motifs is 5. The van der Waals surface area contributed by atoms with Gasteiger partial charge in [-0.1, -0.05) is 19.4 Å². The summed E-state index contributed by atoms with van der Waals surface area (Å²) in [5, 5.41) is 10.9. The summed E-state index contributed by atoms with van der Waals surface area (Å²) in [6.07, 6.45) is 10.7. The molecule has 3 saturated carbocycles. The highest BCUT2D eigenvalue weighted by Gasteiger charge is 2.62. The molecule has 2 heteroatoms. The zero-order valence-corrected chi connectivity index (χ0v) is 14.3. The maximum absolute atomic E-state index is 11.8. The molecule has 2 nitrogen and oxygen atoms in total. The summed E-state index contributed by atoms with van der Waals surface area (Å²) in [4.78, 5) is 11.8. The first-order chi connectivity index (χ1) is 10.3. The number of hydrogen-bond donors (Lipinski definition) is 1. The Balaban J connectivity index is 1.70. The van der Waals surface area contributed by atoms with Crippen molar-refractivity contribution in [2.24, 2.45) is 28.6 Å². The predicted octanol–water partition coefficient (Wildman–Crippen LogP) is 4.27. The molecule has 4 aliphatic carbocycles. The minimum Gasteiger partial charge on any atom is -0.390 e. The lowest BCUT2D eigenvalue weighted by molar-refractivity contribution is -0.124. The first kappa shape index (κ1) is 14.9. The number of carbonyl (C=O) groups is 1. The van der Waals surface area contributed by atoms with Gasteiger partial charge in [0.1, 0.15) is 0 Å². The van der Waals surface area contributed by atoms with Crippen LogP contribution in [0.25, 0.3) is 0 Å². The SMILES string of the molecule is CC12CCC(=O)C=C1CCC1C2CCC2(C)C1CC[C@]2(C)O. The Bertz CT molecular complexity index is 546. The third-order valence-corrected chi connectivity index (χ3v) is 8.52. The molecule has 0 heterocycles. The van der Waals surface area contributed by atoms with E-state index in [0.717, 1.165) is 43.9 Å². The molecule has 22 heavy (non-hydrogen) atoms. The third kappa shape index (κ3) is 1.74. The Hall–Kier alpha value is -0.630. The lowest BCUT2D eigenvalue weighted by Gasteiger charge is -2.58. The van der Waals surface area contributed by atoms with Crippen molar-refractivity contribution < 1.29 is 9.90 Å². The number of ketones is 1. The minimum atomic E-state index is -0.484. The van der Waals surface area contributed by atoms with Crippen molar-refractivity contribution in [3.63, 3.8) is 0 Å². The van der Waals surface area contributed by atoms with Gasteiger partial charge in [0.25, 0.3) is 0 Å². The van der Waals surface area contributed by atoms with E-state index in [1.54, 1.807) is 0 Å². The van der Waals surface area contributed by atoms with E-state index in [0.29, 0.717) is 11.7 Å². The molecule has 4 aliphatic rings. The quantitative estimate of drug-likeness (QED) is 0.725. The fraction of sp³-hybridized carbons (Fsp3) is 0.850. The van der Waals surface area contributed by atoms with Crippen LogP contribution in [0.4, 0.5) is 0 Å². The highest BCUT2D eigenvalue weighted by Crippen LogP contribution is 2.67. The van der Waals surface area contributed by atoms with E-state index in [4.69, 9.17) is 0 Å². The van der Waals surface area contributed by atoms with Crippen LogP contribution in [-0.4, -0.2) is 16.5 Å². The van der Waals surface area contributed by atoms with Gasteiger partial charge in [0.05, 0.1) is 5.60 Å². The van der Waals surface area contributed by atoms with Gasteiger partial charge in [-0.15, -0.1) is 0 Å². The second-order valence-corrected chi connectivity index (χ2v) is 9.24. The Morgan fingerprint density at radius 1 is 1.00 bits per heavy atom. The fourth-order valence-corrected chi connectivity index (χ4v) is 6.80. The van der Waals surface area contributed by atoms with E-state index in [2.05, 4.69) is 20.8 Å². The highest BCUT2D eigenvalue weighted by atomic mass is 16.3. The van der Waals surface area contributed by atoms with E-state index in [-0.39, 0.29) is 10.8 Å². The normalized spacial score (nSPS) is 54.3. The van der Waals surface area contributed by atoms with Crippen LogP contribution < -0.4 is 0 Å². The average Bonchev–Trinajstić information content (AvgIpc) is 2.70. The van der Waals surface area contributed by atoms with Crippen LogP contribution in [0.3, 0.4) is 0 Å². The molecule has 0 aliphatic heterocycles. The van der Waals surface area contributed by atoms with Gasteiger partial charge in [0, 0.05) is 6.42 Å². The average molecular weight is 302 g/mol. The van der Waals surface area contributed by atoms with Crippen LogP contribution in [0.15, 0.2) is 11.6 Å². The second-order valence-electron chi connectivity index (χ2n) is 9.24. The zero-order valence-electron chi connectivity index (χ0n) is 14.3. The molecule has 1 N–H and O–H groups in total. The number of hydrogen-bond acceptors (Lipinski definition) is 2. The van der Waals surface area contributed by atoms with Gasteiger partial charge in [-0.3, -0.25) is 4.79 Å². The molecular formula is C20H30O2. The summed E-state index contributed by atoms with van der Waals surface area (Å²) in [6.45, 7) is 6.85. The molecule has 3 fully saturated rings. The van der Waals surface area contributed by atoms with Crippen molar-refractivity contribution in [3.05, 3.63) is 11.6 Å². The molecule has 5 unspecified atom stereocenters. The smallest absolute Gasteiger partial charge is 0.155 e. The van der Waals surface area contributed by atoms with E-state index < -0.39 is 5.60 Å². The summed E-state index contributed by atoms with van der Waals surface area (Å²) in [5.41, 5.74) is 1.32. The van der Waals surface area contributed by atoms with Crippen molar-refractivity contribution in [2.45, 2.75) is 77.7 Å². The maximum atomic E-state index is 11.8. The van der Waals surface area contributed by atoms with Gasteiger partial charge < -0.3 is 5.11 Å². The highest BCUT2D eigenvalue weighted by molar-refractivity contribution is 5.91. The number of allylic oxidation sites excluding steroid dienone is 1. The lowest BCUT2D eigenvalue weighted by Crippen LogP contribution is -2.53. The summed E-state index contributed by atoms with van der Waals surface area (Å²) in [6, 6.07) is 0. The second kappa shape index (κ2) is 4.47. The maximum Gasteiger partial charge on any atom is 0.155 e. The fourth-order valence-electron chi connectivity index (χ4n) is 6.80. The van der Waals surface area contributed by atoms with Gasteiger partial charge in [0.2, 0.25) is 0 Å². The lowest BCUT2D eigenvalue weighted by atomic mass is 9.46. The van der Waals surface area contributed by atoms with Crippen LogP contribution in [0.2, 0.25) is 0 Å². The third-order valence-electron chi connectivity index (χ3n) is 8.52. The summed E-state index contributed by atoms with van der Waals surface area (Å²) in [5.74, 6) is 2.50. The molecule has 4 rings (SSSR count). The molecule has 6 atom stereocenters. The number of aliphatic hydroxyl groups is 1. The van der Waals surface area contributed by atoms with Gasteiger partial charge >= 0.3 is 0 Å². The zero-order chi connectivity index (χ0) is 15.8. The van der Waals surface area contributed by atoms with Gasteiger partial charge in [0.15, 0.2) is 5.78 Å². The summed E-state index contributed by atoms with van der Waals surface area (Å²) >= 11 is 0. The van der Waals surface area contributed by atoms with Crippen molar-refractivity contribution in [1.29, 1.82) is 0 Å². The molecule has 0 aromatic heterocycles. The Kier molecular flexibility index (Phi) is 3.03. The number of carbonyl (C=O) groups excluding carboxylic acids is 1. The van der Waals surface area contributed by atoms with Crippen molar-refractivity contribution >= 4 is 5.78 Å². The van der Waals surface area contributed by atoms with E-state index in [9.17, 15) is 9.90 Å². The Labute approximate surface area is 134 Å². The first-order valence-corrected chi connectivity index (χ1v) is 9.24. The van der Waals surface area contributed by atoms with Crippen LogP contribution in [0.5, 0.6) is 0 Å². The Morgan fingerprint density at radius 3 is 2.50 bits per heavy atom. The predicted molar refractivity (Wildman–Crippen MR) is 87.3 cm³/mol. The topological polar surface area (TPSA) is 37.3 Å². The molecule has 0 radical (unpaired) electrons. The van der Waals surface area contributed by atoms with E-state index >= 15 is 0 Å². The van der Waals surface area contributed by atoms with Crippen molar-refractivity contribution in [2.75, 3.05) is 0 Å². The molecule has 0 aromatic carbocycles. The van der Waals surface area contributed by atoms with E-state index in [1.165, 1.54) is 24.8 Å². The largest absolute Gasteiger partial charge is 0.390 e. The molecule has 0 aromatic rings. The molecular weight excluding hydrogens is 272 g/mol. The van der Waals surface area contributed by atoms with Crippen molar-refractivity contribution in [3.8, 4) is 0 Å². The van der Waals surface area contributed by atoms with Crippen LogP contribution in [0.1, 0.15) is 72.1 Å². The van der Waals surface area contributed by atoms with Crippen LogP contribution >= 0.6 is 0 Å². The molecule has 0 amide bonds. The van der Waals surface area contributed by atoms with E-state index in [1.807, 2.05) is 6.08 Å². The Morgan fingerprint density at radius 2 is 1.73 bits per heavy atom. The van der Waals surface area contributed by atoms with Crippen LogP contribution in [-0.2, 0) is 4.79 Å².